The third-order valence-corrected chi connectivity index (χ3v) is 6.84. The van der Waals surface area contributed by atoms with Crippen molar-refractivity contribution in [1.29, 1.82) is 0 Å². The number of benzene rings is 3. The van der Waals surface area contributed by atoms with E-state index in [9.17, 15) is 4.79 Å². The fourth-order valence-corrected chi connectivity index (χ4v) is 5.02. The molecule has 32 heavy (non-hydrogen) atoms. The van der Waals surface area contributed by atoms with Gasteiger partial charge in [0.25, 0.3) is 0 Å². The highest BCUT2D eigenvalue weighted by Crippen LogP contribution is 2.43. The Balaban J connectivity index is 1.45. The summed E-state index contributed by atoms with van der Waals surface area (Å²) in [5.41, 5.74) is 2.16. The quantitative estimate of drug-likeness (QED) is 0.391. The fraction of sp³-hybridized carbons (Fsp3) is 0.296. The number of nitrogens with zero attached hydrogens (tertiary/aromatic N) is 2. The van der Waals surface area contributed by atoms with Gasteiger partial charge in [-0.2, -0.15) is 0 Å². The topological polar surface area (TPSA) is 36.1 Å². The minimum Gasteiger partial charge on any atom is -0.370 e. The average Bonchev–Trinajstić information content (AvgIpc) is 3.68. The van der Waals surface area contributed by atoms with E-state index >= 15 is 0 Å². The number of rotatable bonds is 7. The number of epoxide rings is 1. The Hall–Kier alpha value is -2.50. The molecule has 0 aliphatic carbocycles. The van der Waals surface area contributed by atoms with Gasteiger partial charge < -0.3 is 4.74 Å². The Morgan fingerprint density at radius 3 is 2.06 bits per heavy atom. The number of carbonyl (C=O) groups excluding carboxylic acids is 1. The van der Waals surface area contributed by atoms with Crippen LogP contribution >= 0.6 is 11.6 Å². The maximum Gasteiger partial charge on any atom is 0.190 e. The number of piperazine rings is 1. The van der Waals surface area contributed by atoms with E-state index in [0.717, 1.165) is 38.3 Å². The zero-order chi connectivity index (χ0) is 22.0. The van der Waals surface area contributed by atoms with Gasteiger partial charge in [-0.25, -0.2) is 0 Å². The van der Waals surface area contributed by atoms with Crippen LogP contribution in [0, 0.1) is 0 Å². The van der Waals surface area contributed by atoms with Gasteiger partial charge in [0, 0.05) is 43.3 Å². The summed E-state index contributed by atoms with van der Waals surface area (Å²) < 4.78 is 5.87. The molecular weight excluding hydrogens is 420 g/mol. The molecule has 0 saturated carbocycles. The van der Waals surface area contributed by atoms with Gasteiger partial charge in [-0.3, -0.25) is 14.6 Å². The van der Waals surface area contributed by atoms with Crippen molar-refractivity contribution in [3.05, 3.63) is 107 Å². The highest BCUT2D eigenvalue weighted by Gasteiger charge is 2.57. The largest absolute Gasteiger partial charge is 0.370 e. The highest BCUT2D eigenvalue weighted by atomic mass is 35.5. The Kier molecular flexibility index (Phi) is 6.11. The van der Waals surface area contributed by atoms with Crippen molar-refractivity contribution in [2.45, 2.75) is 18.2 Å². The maximum absolute atomic E-state index is 14.2. The molecule has 2 fully saturated rings. The SMILES string of the molecule is O=C(c1ccc(Cl)cc1)C(c1ccccc1)(C1CO1)N1CCN(Cc2ccccc2)CC1. The van der Waals surface area contributed by atoms with Crippen LogP contribution in [0.1, 0.15) is 21.5 Å². The third-order valence-electron chi connectivity index (χ3n) is 6.59. The summed E-state index contributed by atoms with van der Waals surface area (Å²) in [5.74, 6) is 0.0828. The second kappa shape index (κ2) is 9.16. The molecule has 164 valence electrons. The summed E-state index contributed by atoms with van der Waals surface area (Å²) in [6.45, 7) is 4.95. The molecule has 0 radical (unpaired) electrons. The lowest BCUT2D eigenvalue weighted by Gasteiger charge is -2.46. The van der Waals surface area contributed by atoms with Crippen LogP contribution in [0.3, 0.4) is 0 Å². The monoisotopic (exact) mass is 446 g/mol. The van der Waals surface area contributed by atoms with Gasteiger partial charge in [0.2, 0.25) is 0 Å². The molecule has 3 aromatic rings. The second-order valence-electron chi connectivity index (χ2n) is 8.54. The minimum absolute atomic E-state index is 0.0828. The van der Waals surface area contributed by atoms with Crippen molar-refractivity contribution in [3.63, 3.8) is 0 Å². The molecule has 2 aliphatic rings. The Bertz CT molecular complexity index is 1050. The van der Waals surface area contributed by atoms with Crippen LogP contribution in [0.25, 0.3) is 0 Å². The van der Waals surface area contributed by atoms with E-state index in [1.54, 1.807) is 12.1 Å². The van der Waals surface area contributed by atoms with Crippen LogP contribution in [-0.4, -0.2) is 54.5 Å². The number of carbonyl (C=O) groups is 1. The number of ether oxygens (including phenoxy) is 1. The molecule has 2 heterocycles. The summed E-state index contributed by atoms with van der Waals surface area (Å²) in [4.78, 5) is 19.0. The fourth-order valence-electron chi connectivity index (χ4n) is 4.90. The van der Waals surface area contributed by atoms with Crippen LogP contribution in [0.5, 0.6) is 0 Å². The van der Waals surface area contributed by atoms with Gasteiger partial charge in [0.05, 0.1) is 6.61 Å². The summed E-state index contributed by atoms with van der Waals surface area (Å²) >= 11 is 6.10. The van der Waals surface area contributed by atoms with Gasteiger partial charge >= 0.3 is 0 Å². The van der Waals surface area contributed by atoms with E-state index in [2.05, 4.69) is 46.2 Å². The van der Waals surface area contributed by atoms with E-state index in [1.807, 2.05) is 36.4 Å². The molecule has 3 aromatic carbocycles. The molecular formula is C27H27ClN2O2. The molecule has 2 atom stereocenters. The molecule has 2 aliphatic heterocycles. The first-order valence-electron chi connectivity index (χ1n) is 11.2. The minimum atomic E-state index is -0.825. The number of hydrogen-bond acceptors (Lipinski definition) is 4. The van der Waals surface area contributed by atoms with Crippen LogP contribution < -0.4 is 0 Å². The number of hydrogen-bond donors (Lipinski definition) is 0. The van der Waals surface area contributed by atoms with Crippen LogP contribution in [0.15, 0.2) is 84.9 Å². The van der Waals surface area contributed by atoms with Crippen molar-refractivity contribution in [3.8, 4) is 0 Å². The maximum atomic E-state index is 14.2. The first-order chi connectivity index (χ1) is 15.7. The van der Waals surface area contributed by atoms with Crippen molar-refractivity contribution in [1.82, 2.24) is 9.80 Å². The number of ketones is 1. The molecule has 2 unspecified atom stereocenters. The standard InChI is InChI=1S/C27H27ClN2O2/c28-24-13-11-22(12-14-24)26(31)27(25-20-32-25,23-9-5-2-6-10-23)30-17-15-29(16-18-30)19-21-7-3-1-4-8-21/h1-14,25H,15-20H2. The summed E-state index contributed by atoms with van der Waals surface area (Å²) in [6.07, 6.45) is -0.145. The molecule has 0 bridgehead atoms. The van der Waals surface area contributed by atoms with Gasteiger partial charge in [-0.05, 0) is 35.4 Å². The molecule has 2 saturated heterocycles. The first kappa shape index (κ1) is 21.4. The van der Waals surface area contributed by atoms with Crippen LogP contribution in [0.2, 0.25) is 5.02 Å². The molecule has 4 nitrogen and oxygen atoms in total. The number of halogens is 1. The molecule has 5 heteroatoms. The lowest BCUT2D eigenvalue weighted by molar-refractivity contribution is 0.0125. The van der Waals surface area contributed by atoms with Gasteiger partial charge in [-0.1, -0.05) is 72.3 Å². The Morgan fingerprint density at radius 1 is 0.875 bits per heavy atom. The summed E-state index contributed by atoms with van der Waals surface area (Å²) in [6, 6.07) is 27.9. The molecule has 0 amide bonds. The first-order valence-corrected chi connectivity index (χ1v) is 11.5. The van der Waals surface area contributed by atoms with Crippen LogP contribution in [0.4, 0.5) is 0 Å². The summed E-state index contributed by atoms with van der Waals surface area (Å²) in [7, 11) is 0. The second-order valence-corrected chi connectivity index (χ2v) is 8.98. The van der Waals surface area contributed by atoms with E-state index < -0.39 is 5.54 Å². The predicted molar refractivity (Wildman–Crippen MR) is 127 cm³/mol. The van der Waals surface area contributed by atoms with Crippen molar-refractivity contribution in [2.24, 2.45) is 0 Å². The summed E-state index contributed by atoms with van der Waals surface area (Å²) in [5, 5.41) is 0.629. The van der Waals surface area contributed by atoms with E-state index in [1.165, 1.54) is 5.56 Å². The predicted octanol–water partition coefficient (Wildman–Crippen LogP) is 4.63. The zero-order valence-corrected chi connectivity index (χ0v) is 18.7. The molecule has 0 aromatic heterocycles. The smallest absolute Gasteiger partial charge is 0.190 e. The lowest BCUT2D eigenvalue weighted by atomic mass is 9.77. The molecule has 0 spiro atoms. The van der Waals surface area contributed by atoms with Crippen LogP contribution in [-0.2, 0) is 16.8 Å². The van der Waals surface area contributed by atoms with Gasteiger partial charge in [-0.15, -0.1) is 0 Å². The molecule has 5 rings (SSSR count). The van der Waals surface area contributed by atoms with E-state index in [0.29, 0.717) is 17.2 Å². The lowest BCUT2D eigenvalue weighted by Crippen LogP contribution is -2.61. The zero-order valence-electron chi connectivity index (χ0n) is 18.0. The van der Waals surface area contributed by atoms with Crippen molar-refractivity contribution < 1.29 is 9.53 Å². The Labute approximate surface area is 194 Å². The number of Topliss-reactive ketones (excluding diaryl/α,β-unsaturated/α-hetero) is 1. The van der Waals surface area contributed by atoms with E-state index in [-0.39, 0.29) is 11.9 Å². The van der Waals surface area contributed by atoms with Crippen molar-refractivity contribution in [2.75, 3.05) is 32.8 Å². The normalized spacial score (nSPS) is 21.1. The third kappa shape index (κ3) is 4.12. The highest BCUT2D eigenvalue weighted by molar-refractivity contribution is 6.30. The van der Waals surface area contributed by atoms with Gasteiger partial charge in [0.1, 0.15) is 11.6 Å². The Morgan fingerprint density at radius 2 is 1.47 bits per heavy atom. The average molecular weight is 447 g/mol. The van der Waals surface area contributed by atoms with Gasteiger partial charge in [0.15, 0.2) is 5.78 Å². The van der Waals surface area contributed by atoms with Crippen molar-refractivity contribution >= 4 is 17.4 Å². The molecule has 0 N–H and O–H groups in total. The van der Waals surface area contributed by atoms with E-state index in [4.69, 9.17) is 16.3 Å².